The number of ether oxygens (including phenoxy) is 2. The lowest BCUT2D eigenvalue weighted by Gasteiger charge is -2.33. The first kappa shape index (κ1) is 15.8. The zero-order valence-corrected chi connectivity index (χ0v) is 12.9. The molecule has 1 aromatic carbocycles. The van der Waals surface area contributed by atoms with Crippen LogP contribution in [0.5, 0.6) is 0 Å². The van der Waals surface area contributed by atoms with Crippen LogP contribution in [0.2, 0.25) is 0 Å². The van der Waals surface area contributed by atoms with E-state index in [2.05, 4.69) is 0 Å². The fraction of sp³-hybridized carbons (Fsp3) is 0.438. The Morgan fingerprint density at radius 3 is 2.74 bits per heavy atom. The van der Waals surface area contributed by atoms with Gasteiger partial charge in [-0.1, -0.05) is 0 Å². The molecule has 1 saturated heterocycles. The molecule has 1 aliphatic rings. The summed E-state index contributed by atoms with van der Waals surface area (Å²) in [6.45, 7) is 1.72. The highest BCUT2D eigenvalue weighted by Crippen LogP contribution is 2.26. The maximum absolute atomic E-state index is 14.4. The van der Waals surface area contributed by atoms with E-state index in [9.17, 15) is 9.18 Å². The fourth-order valence-corrected chi connectivity index (χ4v) is 2.79. The zero-order chi connectivity index (χ0) is 16.2. The topological polar surface area (TPSA) is 56.8 Å². The maximum Gasteiger partial charge on any atom is 0.423 e. The molecule has 7 heteroatoms. The van der Waals surface area contributed by atoms with Gasteiger partial charge in [-0.05, 0) is 25.0 Å². The van der Waals surface area contributed by atoms with Gasteiger partial charge in [0, 0.05) is 26.3 Å². The van der Waals surface area contributed by atoms with Crippen LogP contribution in [0, 0.1) is 5.82 Å². The van der Waals surface area contributed by atoms with Crippen LogP contribution in [0.15, 0.2) is 39.9 Å². The van der Waals surface area contributed by atoms with E-state index in [1.807, 2.05) is 4.90 Å². The standard InChI is InChI=1S/C16H19FN2O4/c1-21-11-23-13-4-6-18(7-5-13)15-3-2-12(10-14(15)17)19-8-9-22-16(19)20/h2-3,8-10,13H,4-7,11H2,1H3. The van der Waals surface area contributed by atoms with Crippen molar-refractivity contribution in [1.29, 1.82) is 0 Å². The quantitative estimate of drug-likeness (QED) is 0.790. The third kappa shape index (κ3) is 3.46. The third-order valence-corrected chi connectivity index (χ3v) is 3.99. The summed E-state index contributed by atoms with van der Waals surface area (Å²) in [6.07, 6.45) is 4.55. The molecule has 1 aromatic heterocycles. The molecule has 0 aliphatic carbocycles. The Kier molecular flexibility index (Phi) is 4.78. The SMILES string of the molecule is COCOC1CCN(c2ccc(-n3ccoc3=O)cc2F)CC1. The first-order valence-electron chi connectivity index (χ1n) is 7.50. The predicted molar refractivity (Wildman–Crippen MR) is 82.5 cm³/mol. The molecule has 0 N–H and O–H groups in total. The number of hydrogen-bond acceptors (Lipinski definition) is 5. The predicted octanol–water partition coefficient (Wildman–Crippen LogP) is 2.16. The summed E-state index contributed by atoms with van der Waals surface area (Å²) in [4.78, 5) is 13.5. The summed E-state index contributed by atoms with van der Waals surface area (Å²) >= 11 is 0. The molecule has 0 radical (unpaired) electrons. The lowest BCUT2D eigenvalue weighted by atomic mass is 10.1. The van der Waals surface area contributed by atoms with Crippen LogP contribution in [-0.4, -0.2) is 37.7 Å². The number of rotatable bonds is 5. The monoisotopic (exact) mass is 322 g/mol. The summed E-state index contributed by atoms with van der Waals surface area (Å²) < 4.78 is 30.8. The van der Waals surface area contributed by atoms with Gasteiger partial charge < -0.3 is 18.8 Å². The molecule has 0 atom stereocenters. The van der Waals surface area contributed by atoms with Gasteiger partial charge in [0.1, 0.15) is 18.9 Å². The number of piperidine rings is 1. The Hall–Kier alpha value is -2.12. The maximum atomic E-state index is 14.4. The molecular weight excluding hydrogens is 303 g/mol. The minimum absolute atomic E-state index is 0.151. The van der Waals surface area contributed by atoms with Crippen molar-refractivity contribution in [2.75, 3.05) is 31.9 Å². The number of oxazole rings is 1. The van der Waals surface area contributed by atoms with Gasteiger partial charge >= 0.3 is 5.76 Å². The second kappa shape index (κ2) is 6.97. The lowest BCUT2D eigenvalue weighted by molar-refractivity contribution is -0.0780. The van der Waals surface area contributed by atoms with Crippen molar-refractivity contribution >= 4 is 5.69 Å². The smallest absolute Gasteiger partial charge is 0.416 e. The first-order chi connectivity index (χ1) is 11.2. The van der Waals surface area contributed by atoms with Crippen molar-refractivity contribution in [3.63, 3.8) is 0 Å². The second-order valence-corrected chi connectivity index (χ2v) is 5.43. The van der Waals surface area contributed by atoms with Crippen molar-refractivity contribution in [2.45, 2.75) is 18.9 Å². The van der Waals surface area contributed by atoms with Gasteiger partial charge in [0.2, 0.25) is 0 Å². The lowest BCUT2D eigenvalue weighted by Crippen LogP contribution is -2.37. The minimum Gasteiger partial charge on any atom is -0.416 e. The van der Waals surface area contributed by atoms with Crippen LogP contribution in [0.1, 0.15) is 12.8 Å². The van der Waals surface area contributed by atoms with E-state index >= 15 is 0 Å². The van der Waals surface area contributed by atoms with Gasteiger partial charge in [-0.25, -0.2) is 13.8 Å². The van der Waals surface area contributed by atoms with E-state index < -0.39 is 5.76 Å². The zero-order valence-electron chi connectivity index (χ0n) is 12.9. The summed E-state index contributed by atoms with van der Waals surface area (Å²) in [6, 6.07) is 4.75. The largest absolute Gasteiger partial charge is 0.423 e. The highest BCUT2D eigenvalue weighted by Gasteiger charge is 2.22. The molecular formula is C16H19FN2O4. The minimum atomic E-state index is -0.534. The molecule has 1 fully saturated rings. The number of anilines is 1. The van der Waals surface area contributed by atoms with E-state index in [1.165, 1.54) is 23.1 Å². The molecule has 3 rings (SSSR count). The van der Waals surface area contributed by atoms with Gasteiger partial charge in [-0.3, -0.25) is 0 Å². The second-order valence-electron chi connectivity index (χ2n) is 5.43. The summed E-state index contributed by atoms with van der Waals surface area (Å²) in [7, 11) is 1.59. The van der Waals surface area contributed by atoms with Crippen LogP contribution < -0.4 is 10.7 Å². The van der Waals surface area contributed by atoms with Gasteiger partial charge in [-0.2, -0.15) is 0 Å². The average molecular weight is 322 g/mol. The molecule has 0 spiro atoms. The Balaban J connectivity index is 1.70. The Labute approximate surface area is 133 Å². The van der Waals surface area contributed by atoms with Crippen molar-refractivity contribution in [3.8, 4) is 5.69 Å². The number of methoxy groups -OCH3 is 1. The van der Waals surface area contributed by atoms with Crippen LogP contribution in [0.4, 0.5) is 10.1 Å². The van der Waals surface area contributed by atoms with Crippen molar-refractivity contribution in [3.05, 3.63) is 47.0 Å². The molecule has 6 nitrogen and oxygen atoms in total. The molecule has 1 aliphatic heterocycles. The number of hydrogen-bond donors (Lipinski definition) is 0. The molecule has 0 bridgehead atoms. The summed E-state index contributed by atoms with van der Waals surface area (Å²) in [5.41, 5.74) is 0.985. The normalized spacial score (nSPS) is 16.0. The van der Waals surface area contributed by atoms with Crippen LogP contribution in [0.25, 0.3) is 5.69 Å². The van der Waals surface area contributed by atoms with E-state index in [0.717, 1.165) is 25.9 Å². The molecule has 0 amide bonds. The van der Waals surface area contributed by atoms with Gasteiger partial charge in [0.15, 0.2) is 0 Å². The Morgan fingerprint density at radius 1 is 1.35 bits per heavy atom. The molecule has 2 heterocycles. The van der Waals surface area contributed by atoms with E-state index in [4.69, 9.17) is 13.9 Å². The van der Waals surface area contributed by atoms with Gasteiger partial charge in [-0.15, -0.1) is 0 Å². The van der Waals surface area contributed by atoms with Gasteiger partial charge in [0.05, 0.1) is 23.7 Å². The van der Waals surface area contributed by atoms with E-state index in [0.29, 0.717) is 11.4 Å². The van der Waals surface area contributed by atoms with Gasteiger partial charge in [0.25, 0.3) is 0 Å². The number of benzene rings is 1. The molecule has 23 heavy (non-hydrogen) atoms. The number of halogens is 1. The van der Waals surface area contributed by atoms with Crippen LogP contribution in [-0.2, 0) is 9.47 Å². The first-order valence-corrected chi connectivity index (χ1v) is 7.50. The fourth-order valence-electron chi connectivity index (χ4n) is 2.79. The number of aromatic nitrogens is 1. The highest BCUT2D eigenvalue weighted by molar-refractivity contribution is 5.52. The third-order valence-electron chi connectivity index (χ3n) is 3.99. The molecule has 0 unspecified atom stereocenters. The highest BCUT2D eigenvalue weighted by atomic mass is 19.1. The summed E-state index contributed by atoms with van der Waals surface area (Å²) in [5.74, 6) is -0.889. The number of nitrogens with zero attached hydrogens (tertiary/aromatic N) is 2. The van der Waals surface area contributed by atoms with Crippen LogP contribution >= 0.6 is 0 Å². The Morgan fingerprint density at radius 2 is 2.13 bits per heavy atom. The summed E-state index contributed by atoms with van der Waals surface area (Å²) in [5, 5.41) is 0. The van der Waals surface area contributed by atoms with Crippen molar-refractivity contribution < 1.29 is 18.3 Å². The van der Waals surface area contributed by atoms with E-state index in [1.54, 1.807) is 19.2 Å². The van der Waals surface area contributed by atoms with Crippen molar-refractivity contribution in [1.82, 2.24) is 4.57 Å². The Bertz CT molecular complexity index is 704. The van der Waals surface area contributed by atoms with E-state index in [-0.39, 0.29) is 18.7 Å². The average Bonchev–Trinajstić information content (AvgIpc) is 2.99. The molecule has 0 saturated carbocycles. The molecule has 2 aromatic rings. The van der Waals surface area contributed by atoms with Crippen molar-refractivity contribution in [2.24, 2.45) is 0 Å². The van der Waals surface area contributed by atoms with Crippen LogP contribution in [0.3, 0.4) is 0 Å². The molecule has 124 valence electrons.